The summed E-state index contributed by atoms with van der Waals surface area (Å²) in [6.45, 7) is 6.69. The summed E-state index contributed by atoms with van der Waals surface area (Å²) in [4.78, 5) is 2.08. The highest BCUT2D eigenvalue weighted by molar-refractivity contribution is 7.91. The molecule has 4 rings (SSSR count). The highest BCUT2D eigenvalue weighted by Gasteiger charge is 2.32. The van der Waals surface area contributed by atoms with Gasteiger partial charge in [-0.25, -0.2) is 8.42 Å². The molecule has 3 aromatic rings. The molecular weight excluding hydrogens is 471 g/mol. The number of nitrogens with two attached hydrogens (primary N) is 1. The first-order valence-corrected chi connectivity index (χ1v) is 12.5. The van der Waals surface area contributed by atoms with E-state index in [0.717, 1.165) is 5.56 Å². The Morgan fingerprint density at radius 3 is 2.47 bits per heavy atom. The number of aromatic nitrogens is 2. The summed E-state index contributed by atoms with van der Waals surface area (Å²) in [6.07, 6.45) is 0. The summed E-state index contributed by atoms with van der Waals surface area (Å²) in [5.74, 6) is 0.535. The zero-order valence-corrected chi connectivity index (χ0v) is 20.3. The molecule has 32 heavy (non-hydrogen) atoms. The van der Waals surface area contributed by atoms with Gasteiger partial charge in [0.25, 0.3) is 0 Å². The maximum atomic E-state index is 13.0. The predicted octanol–water partition coefficient (Wildman–Crippen LogP) is 4.46. The van der Waals surface area contributed by atoms with Gasteiger partial charge in [0.15, 0.2) is 9.84 Å². The van der Waals surface area contributed by atoms with Gasteiger partial charge in [-0.05, 0) is 29.8 Å². The Balaban J connectivity index is 1.84. The molecule has 0 radical (unpaired) electrons. The number of rotatable bonds is 3. The molecule has 2 N–H and O–H groups in total. The Labute approximate surface area is 197 Å². The van der Waals surface area contributed by atoms with Crippen LogP contribution in [0.1, 0.15) is 32.2 Å². The molecule has 0 fully saturated rings. The molecule has 0 saturated carbocycles. The Hall–Kier alpha value is -2.13. The summed E-state index contributed by atoms with van der Waals surface area (Å²) >= 11 is 12.5. The van der Waals surface area contributed by atoms with E-state index in [0.29, 0.717) is 35.3 Å². The molecule has 0 unspecified atom stereocenters. The zero-order chi connectivity index (χ0) is 23.3. The second kappa shape index (κ2) is 8.33. The Morgan fingerprint density at radius 1 is 1.16 bits per heavy atom. The second-order valence-electron chi connectivity index (χ2n) is 9.01. The number of hydrogen-bond donors (Lipinski definition) is 1. The van der Waals surface area contributed by atoms with Crippen LogP contribution >= 0.6 is 23.2 Å². The second-order valence-corrected chi connectivity index (χ2v) is 11.9. The van der Waals surface area contributed by atoms with Crippen LogP contribution in [0.2, 0.25) is 10.0 Å². The molecule has 10 heteroatoms. The van der Waals surface area contributed by atoms with Crippen LogP contribution < -0.4 is 10.6 Å². The minimum Gasteiger partial charge on any atom is -0.420 e. The van der Waals surface area contributed by atoms with Gasteiger partial charge < -0.3 is 15.1 Å². The van der Waals surface area contributed by atoms with Gasteiger partial charge in [-0.1, -0.05) is 56.1 Å². The fraction of sp³-hybridized carbons (Fsp3) is 0.364. The molecule has 170 valence electrons. The predicted molar refractivity (Wildman–Crippen MR) is 126 cm³/mol. The fourth-order valence-electron chi connectivity index (χ4n) is 3.60. The number of fused-ring (bicyclic) bond motifs is 1. The average Bonchev–Trinajstić information content (AvgIpc) is 3.16. The lowest BCUT2D eigenvalue weighted by atomic mass is 9.97. The van der Waals surface area contributed by atoms with Crippen LogP contribution in [0, 0.1) is 0 Å². The molecule has 1 atom stereocenters. The first kappa shape index (κ1) is 23.0. The van der Waals surface area contributed by atoms with E-state index in [2.05, 4.69) is 10.2 Å². The lowest BCUT2D eigenvalue weighted by molar-refractivity contribution is 0.399. The molecule has 1 aliphatic rings. The van der Waals surface area contributed by atoms with Crippen molar-refractivity contribution in [3.05, 3.63) is 57.9 Å². The van der Waals surface area contributed by atoms with E-state index in [1.165, 1.54) is 6.07 Å². The number of sulfone groups is 1. The average molecular weight is 495 g/mol. The van der Waals surface area contributed by atoms with Crippen molar-refractivity contribution in [2.24, 2.45) is 5.73 Å². The van der Waals surface area contributed by atoms with Crippen molar-refractivity contribution in [2.45, 2.75) is 43.7 Å². The Morgan fingerprint density at radius 2 is 1.84 bits per heavy atom. The molecule has 1 aromatic heterocycles. The smallest absolute Gasteiger partial charge is 0.249 e. The zero-order valence-electron chi connectivity index (χ0n) is 18.0. The van der Waals surface area contributed by atoms with Gasteiger partial charge >= 0.3 is 0 Å². The van der Waals surface area contributed by atoms with Crippen molar-refractivity contribution in [1.82, 2.24) is 10.2 Å². The largest absolute Gasteiger partial charge is 0.420 e. The van der Waals surface area contributed by atoms with Crippen molar-refractivity contribution in [2.75, 3.05) is 17.2 Å². The third kappa shape index (κ3) is 4.64. The highest BCUT2D eigenvalue weighted by Crippen LogP contribution is 2.39. The van der Waals surface area contributed by atoms with Crippen LogP contribution in [-0.4, -0.2) is 37.0 Å². The van der Waals surface area contributed by atoms with Crippen LogP contribution in [0.15, 0.2) is 45.7 Å². The molecule has 2 heterocycles. The van der Waals surface area contributed by atoms with Crippen LogP contribution in [0.5, 0.6) is 0 Å². The van der Waals surface area contributed by atoms with E-state index in [9.17, 15) is 8.42 Å². The van der Waals surface area contributed by atoms with E-state index in [-0.39, 0.29) is 27.0 Å². The van der Waals surface area contributed by atoms with Crippen LogP contribution in [0.25, 0.3) is 11.5 Å². The molecule has 0 aliphatic carbocycles. The molecule has 0 saturated heterocycles. The standard InChI is InChI=1S/C22H24Cl2N4O3S/c1-22(2,3)21-27-26-20(31-21)16-8-18-19(9-17(16)24)32(29,30)12-15(25)11-28(18)10-13-4-6-14(23)7-5-13/h4-9,15H,10-12,25H2,1-3H3/t15-/m1/s1. The van der Waals surface area contributed by atoms with E-state index < -0.39 is 15.9 Å². The first-order valence-electron chi connectivity index (χ1n) is 10.1. The van der Waals surface area contributed by atoms with Crippen molar-refractivity contribution in [3.63, 3.8) is 0 Å². The van der Waals surface area contributed by atoms with E-state index in [1.54, 1.807) is 18.2 Å². The van der Waals surface area contributed by atoms with Crippen LogP contribution in [0.3, 0.4) is 0 Å². The highest BCUT2D eigenvalue weighted by atomic mass is 35.5. The minimum absolute atomic E-state index is 0.142. The monoisotopic (exact) mass is 494 g/mol. The van der Waals surface area contributed by atoms with Gasteiger partial charge in [0.05, 0.1) is 26.9 Å². The molecule has 0 spiro atoms. The summed E-state index contributed by atoms with van der Waals surface area (Å²) in [6, 6.07) is 9.99. The van der Waals surface area contributed by atoms with Gasteiger partial charge in [0.2, 0.25) is 11.8 Å². The number of nitrogens with zero attached hydrogens (tertiary/aromatic N) is 3. The number of hydrogen-bond acceptors (Lipinski definition) is 7. The van der Waals surface area contributed by atoms with Gasteiger partial charge in [-0.15, -0.1) is 10.2 Å². The van der Waals surface area contributed by atoms with Crippen molar-refractivity contribution in [1.29, 1.82) is 0 Å². The molecule has 0 bridgehead atoms. The Bertz CT molecular complexity index is 1250. The summed E-state index contributed by atoms with van der Waals surface area (Å²) < 4.78 is 32.0. The summed E-state index contributed by atoms with van der Waals surface area (Å²) in [7, 11) is -3.64. The molecule has 0 amide bonds. The van der Waals surface area contributed by atoms with E-state index in [4.69, 9.17) is 33.4 Å². The number of anilines is 1. The topological polar surface area (TPSA) is 102 Å². The number of benzene rings is 2. The lowest BCUT2D eigenvalue weighted by Gasteiger charge is -2.26. The summed E-state index contributed by atoms with van der Waals surface area (Å²) in [5, 5.41) is 9.13. The van der Waals surface area contributed by atoms with Crippen molar-refractivity contribution < 1.29 is 12.8 Å². The van der Waals surface area contributed by atoms with Crippen LogP contribution in [-0.2, 0) is 21.8 Å². The SMILES string of the molecule is CC(C)(C)c1nnc(-c2cc3c(cc2Cl)S(=O)(=O)C[C@H](N)CN3Cc2ccc(Cl)cc2)o1. The maximum Gasteiger partial charge on any atom is 0.249 e. The molecule has 2 aromatic carbocycles. The fourth-order valence-corrected chi connectivity index (χ4v) is 5.69. The van der Waals surface area contributed by atoms with Gasteiger partial charge in [-0.3, -0.25) is 0 Å². The first-order chi connectivity index (χ1) is 14.9. The third-order valence-electron chi connectivity index (χ3n) is 5.20. The van der Waals surface area contributed by atoms with E-state index in [1.807, 2.05) is 37.8 Å². The lowest BCUT2D eigenvalue weighted by Crippen LogP contribution is -2.39. The number of halogens is 2. The van der Waals surface area contributed by atoms with Crippen molar-refractivity contribution >= 4 is 38.7 Å². The Kier molecular flexibility index (Phi) is 6.00. The molecule has 1 aliphatic heterocycles. The van der Waals surface area contributed by atoms with Crippen LogP contribution in [0.4, 0.5) is 5.69 Å². The minimum atomic E-state index is -3.64. The normalized spacial score (nSPS) is 18.3. The third-order valence-corrected chi connectivity index (χ3v) is 7.63. The van der Waals surface area contributed by atoms with Gasteiger partial charge in [-0.2, -0.15) is 0 Å². The molecule has 7 nitrogen and oxygen atoms in total. The van der Waals surface area contributed by atoms with E-state index >= 15 is 0 Å². The van der Waals surface area contributed by atoms with Crippen molar-refractivity contribution in [3.8, 4) is 11.5 Å². The quantitative estimate of drug-likeness (QED) is 0.572. The molecular formula is C22H24Cl2N4O3S. The van der Waals surface area contributed by atoms with Gasteiger partial charge in [0, 0.05) is 29.6 Å². The van der Waals surface area contributed by atoms with Gasteiger partial charge in [0.1, 0.15) is 0 Å². The summed E-state index contributed by atoms with van der Waals surface area (Å²) in [5.41, 5.74) is 7.79. The maximum absolute atomic E-state index is 13.0.